The second-order valence-electron chi connectivity index (χ2n) is 8.29. The lowest BCUT2D eigenvalue weighted by Crippen LogP contribution is -2.73. The Balaban J connectivity index is 2.16. The number of hydrogen-bond acceptors (Lipinski definition) is 4. The molecular formula is C24H28N2O4. The van der Waals surface area contributed by atoms with Crippen LogP contribution >= 0.6 is 0 Å². The van der Waals surface area contributed by atoms with Gasteiger partial charge >= 0.3 is 0 Å². The van der Waals surface area contributed by atoms with Crippen molar-refractivity contribution >= 4 is 23.5 Å². The molecule has 0 bridgehead atoms. The smallest absolute Gasteiger partial charge is 0.255 e. The SMILES string of the molecule is C=C/C=C1/C(=O)N(C(CC(C)CC)N2C(=O)C=CC2=O)C1(C)C1=C(C=C)C(=O)[C@H]1C. The third-order valence-electron chi connectivity index (χ3n) is 6.60. The summed E-state index contributed by atoms with van der Waals surface area (Å²) in [6.45, 7) is 15.2. The first kappa shape index (κ1) is 21.7. The van der Waals surface area contributed by atoms with E-state index in [-0.39, 0.29) is 23.5 Å². The van der Waals surface area contributed by atoms with Crippen molar-refractivity contribution in [2.75, 3.05) is 0 Å². The Morgan fingerprint density at radius 2 is 1.77 bits per heavy atom. The third kappa shape index (κ3) is 2.85. The Bertz CT molecular complexity index is 936. The van der Waals surface area contributed by atoms with Gasteiger partial charge in [-0.1, -0.05) is 58.6 Å². The molecule has 0 aromatic carbocycles. The third-order valence-corrected chi connectivity index (χ3v) is 6.60. The molecule has 4 atom stereocenters. The second kappa shape index (κ2) is 7.67. The molecule has 0 N–H and O–H groups in total. The molecule has 0 aromatic heterocycles. The van der Waals surface area contributed by atoms with Gasteiger partial charge in [0.2, 0.25) is 0 Å². The maximum absolute atomic E-state index is 13.3. The van der Waals surface area contributed by atoms with E-state index >= 15 is 0 Å². The second-order valence-corrected chi connectivity index (χ2v) is 8.29. The van der Waals surface area contributed by atoms with E-state index in [0.717, 1.165) is 16.9 Å². The van der Waals surface area contributed by atoms with Crippen LogP contribution in [-0.2, 0) is 19.2 Å². The molecule has 2 aliphatic heterocycles. The first-order valence-corrected chi connectivity index (χ1v) is 10.3. The number of hydrogen-bond donors (Lipinski definition) is 0. The number of ketones is 1. The number of Topliss-reactive ketones (excluding diaryl/α,β-unsaturated/α-hetero) is 1. The van der Waals surface area contributed by atoms with Gasteiger partial charge in [-0.25, -0.2) is 0 Å². The summed E-state index contributed by atoms with van der Waals surface area (Å²) in [6, 6.07) is 0. The van der Waals surface area contributed by atoms with E-state index in [9.17, 15) is 19.2 Å². The minimum atomic E-state index is -0.927. The lowest BCUT2D eigenvalue weighted by atomic mass is 9.61. The molecule has 3 rings (SSSR count). The molecule has 6 heteroatoms. The van der Waals surface area contributed by atoms with Crippen molar-refractivity contribution in [1.29, 1.82) is 0 Å². The summed E-state index contributed by atoms with van der Waals surface area (Å²) in [7, 11) is 0. The number of rotatable bonds is 8. The zero-order chi connectivity index (χ0) is 22.4. The van der Waals surface area contributed by atoms with Crippen LogP contribution < -0.4 is 0 Å². The summed E-state index contributed by atoms with van der Waals surface area (Å²) in [4.78, 5) is 53.5. The standard InChI is InChI=1S/C24H28N2O4/c1-7-10-17-23(30)26(24(17,6)21-15(5)22(29)16(21)9-3)18(13-14(4)8-2)25-19(27)11-12-20(25)28/h7,9-12,14-15,18H,1,3,8,13H2,2,4-6H3/b17-10-/t14?,15-,18?,24?/m0/s1. The van der Waals surface area contributed by atoms with Crippen molar-refractivity contribution in [3.63, 3.8) is 0 Å². The van der Waals surface area contributed by atoms with E-state index < -0.39 is 23.5 Å². The summed E-state index contributed by atoms with van der Waals surface area (Å²) in [5.74, 6) is -1.35. The number of likely N-dealkylation sites (tertiary alicyclic amines) is 1. The van der Waals surface area contributed by atoms with Crippen LogP contribution in [0.2, 0.25) is 0 Å². The van der Waals surface area contributed by atoms with Crippen molar-refractivity contribution in [3.8, 4) is 0 Å². The van der Waals surface area contributed by atoms with Gasteiger partial charge in [0, 0.05) is 29.2 Å². The average molecular weight is 408 g/mol. The molecule has 0 saturated carbocycles. The van der Waals surface area contributed by atoms with Gasteiger partial charge in [0.15, 0.2) is 5.78 Å². The van der Waals surface area contributed by atoms with Gasteiger partial charge in [-0.15, -0.1) is 0 Å². The molecule has 0 spiro atoms. The average Bonchev–Trinajstić information content (AvgIpc) is 3.06. The van der Waals surface area contributed by atoms with Crippen LogP contribution in [0.15, 0.2) is 60.3 Å². The van der Waals surface area contributed by atoms with Gasteiger partial charge in [0.05, 0.1) is 5.54 Å². The molecular weight excluding hydrogens is 380 g/mol. The van der Waals surface area contributed by atoms with E-state index in [1.165, 1.54) is 18.2 Å². The Hall–Kier alpha value is -3.02. The quantitative estimate of drug-likeness (QED) is 0.351. The van der Waals surface area contributed by atoms with Gasteiger partial charge in [-0.3, -0.25) is 24.1 Å². The molecule has 1 fully saturated rings. The van der Waals surface area contributed by atoms with Crippen LogP contribution in [0.4, 0.5) is 0 Å². The minimum absolute atomic E-state index is 0.0213. The predicted octanol–water partition coefficient (Wildman–Crippen LogP) is 3.09. The molecule has 0 radical (unpaired) electrons. The number of amides is 3. The van der Waals surface area contributed by atoms with Crippen LogP contribution in [0.1, 0.15) is 40.5 Å². The fourth-order valence-electron chi connectivity index (χ4n) is 4.78. The highest BCUT2D eigenvalue weighted by Crippen LogP contribution is 2.53. The van der Waals surface area contributed by atoms with Crippen molar-refractivity contribution < 1.29 is 19.2 Å². The van der Waals surface area contributed by atoms with Crippen molar-refractivity contribution in [2.24, 2.45) is 11.8 Å². The number of carbonyl (C=O) groups excluding carboxylic acids is 4. The van der Waals surface area contributed by atoms with E-state index in [1.54, 1.807) is 24.0 Å². The first-order chi connectivity index (χ1) is 14.1. The van der Waals surface area contributed by atoms with Crippen molar-refractivity contribution in [2.45, 2.75) is 52.2 Å². The highest BCUT2D eigenvalue weighted by Gasteiger charge is 2.63. The Morgan fingerprint density at radius 3 is 2.27 bits per heavy atom. The molecule has 6 nitrogen and oxygen atoms in total. The minimum Gasteiger partial charge on any atom is -0.304 e. The van der Waals surface area contributed by atoms with Crippen molar-refractivity contribution in [3.05, 3.63) is 60.3 Å². The summed E-state index contributed by atoms with van der Waals surface area (Å²) in [5, 5.41) is 0. The molecule has 3 aliphatic rings. The largest absolute Gasteiger partial charge is 0.304 e. The number of β-lactam (4-membered cyclic amide) rings is 1. The molecule has 0 aromatic rings. The maximum atomic E-state index is 13.3. The fourth-order valence-corrected chi connectivity index (χ4v) is 4.78. The van der Waals surface area contributed by atoms with Gasteiger partial charge in [-0.2, -0.15) is 0 Å². The van der Waals surface area contributed by atoms with Crippen molar-refractivity contribution in [1.82, 2.24) is 9.80 Å². The van der Waals surface area contributed by atoms with Gasteiger partial charge in [-0.05, 0) is 24.8 Å². The molecule has 1 saturated heterocycles. The van der Waals surface area contributed by atoms with E-state index in [2.05, 4.69) is 13.2 Å². The number of allylic oxidation sites excluding steroid dienone is 4. The highest BCUT2D eigenvalue weighted by molar-refractivity contribution is 6.16. The zero-order valence-corrected chi connectivity index (χ0v) is 18.0. The number of imide groups is 1. The lowest BCUT2D eigenvalue weighted by molar-refractivity contribution is -0.162. The van der Waals surface area contributed by atoms with E-state index in [1.807, 2.05) is 20.8 Å². The van der Waals surface area contributed by atoms with E-state index in [4.69, 9.17) is 0 Å². The Morgan fingerprint density at radius 1 is 1.17 bits per heavy atom. The maximum Gasteiger partial charge on any atom is 0.255 e. The Kier molecular flexibility index (Phi) is 5.54. The number of nitrogens with zero attached hydrogens (tertiary/aromatic N) is 2. The molecule has 3 unspecified atom stereocenters. The van der Waals surface area contributed by atoms with Gasteiger partial charge in [0.25, 0.3) is 17.7 Å². The normalized spacial score (nSPS) is 29.3. The monoisotopic (exact) mass is 408 g/mol. The van der Waals surface area contributed by atoms with Crippen LogP contribution in [-0.4, -0.2) is 45.0 Å². The Labute approximate surface area is 177 Å². The lowest BCUT2D eigenvalue weighted by Gasteiger charge is -2.60. The number of carbonyl (C=O) groups is 4. The summed E-state index contributed by atoms with van der Waals surface area (Å²) in [5.41, 5.74) is 0.851. The fraction of sp³-hybridized carbons (Fsp3) is 0.417. The highest BCUT2D eigenvalue weighted by atomic mass is 16.2. The van der Waals surface area contributed by atoms with E-state index in [0.29, 0.717) is 17.6 Å². The molecule has 30 heavy (non-hydrogen) atoms. The topological polar surface area (TPSA) is 74.8 Å². The van der Waals surface area contributed by atoms with Crippen LogP contribution in [0, 0.1) is 11.8 Å². The summed E-state index contributed by atoms with van der Waals surface area (Å²) in [6.07, 6.45) is 7.73. The van der Waals surface area contributed by atoms with Gasteiger partial charge < -0.3 is 4.90 Å². The zero-order valence-electron chi connectivity index (χ0n) is 18.0. The molecule has 1 aliphatic carbocycles. The van der Waals surface area contributed by atoms with Crippen LogP contribution in [0.25, 0.3) is 0 Å². The first-order valence-electron chi connectivity index (χ1n) is 10.3. The summed E-state index contributed by atoms with van der Waals surface area (Å²) >= 11 is 0. The molecule has 2 heterocycles. The summed E-state index contributed by atoms with van der Waals surface area (Å²) < 4.78 is 0. The van der Waals surface area contributed by atoms with Crippen LogP contribution in [0.3, 0.4) is 0 Å². The molecule has 158 valence electrons. The predicted molar refractivity (Wildman–Crippen MR) is 114 cm³/mol. The van der Waals surface area contributed by atoms with Gasteiger partial charge in [0.1, 0.15) is 6.17 Å². The van der Waals surface area contributed by atoms with Crippen LogP contribution in [0.5, 0.6) is 0 Å². The molecule has 3 amide bonds.